The van der Waals surface area contributed by atoms with Crippen molar-refractivity contribution in [1.82, 2.24) is 14.6 Å². The van der Waals surface area contributed by atoms with Gasteiger partial charge in [0.2, 0.25) is 10.0 Å². The quantitative estimate of drug-likeness (QED) is 0.195. The first kappa shape index (κ1) is 32.1. The highest BCUT2D eigenvalue weighted by Gasteiger charge is 2.32. The lowest BCUT2D eigenvalue weighted by molar-refractivity contribution is 0.0980. The highest BCUT2D eigenvalue weighted by atomic mass is 32.2. The molecule has 0 saturated heterocycles. The van der Waals surface area contributed by atoms with Gasteiger partial charge in [-0.25, -0.2) is 13.2 Å². The van der Waals surface area contributed by atoms with E-state index in [2.05, 4.69) is 36.1 Å². The van der Waals surface area contributed by atoms with E-state index in [4.69, 9.17) is 0 Å². The number of aliphatic imine (C=N–C) groups is 1. The van der Waals surface area contributed by atoms with Crippen molar-refractivity contribution >= 4 is 32.7 Å². The van der Waals surface area contributed by atoms with Crippen LogP contribution in [0.3, 0.4) is 0 Å². The van der Waals surface area contributed by atoms with Crippen molar-refractivity contribution in [3.05, 3.63) is 59.7 Å². The molecule has 3 aromatic rings. The number of nitrogens with one attached hydrogen (secondary N) is 2. The van der Waals surface area contributed by atoms with E-state index < -0.39 is 28.3 Å². The minimum absolute atomic E-state index is 0.00692. The van der Waals surface area contributed by atoms with Crippen LogP contribution in [0.5, 0.6) is 5.88 Å². The predicted molar refractivity (Wildman–Crippen MR) is 161 cm³/mol. The molecule has 0 aliphatic heterocycles. The Morgan fingerprint density at radius 1 is 1.10 bits per heavy atom. The van der Waals surface area contributed by atoms with E-state index >= 15 is 0 Å². The molecule has 2 atom stereocenters. The van der Waals surface area contributed by atoms with Crippen molar-refractivity contribution in [1.29, 1.82) is 0 Å². The number of sulfonamides is 1. The van der Waals surface area contributed by atoms with Gasteiger partial charge in [0.1, 0.15) is 0 Å². The minimum atomic E-state index is -4.12. The highest BCUT2D eigenvalue weighted by molar-refractivity contribution is 7.89. The topological polar surface area (TPSA) is 155 Å². The van der Waals surface area contributed by atoms with Crippen molar-refractivity contribution in [2.75, 3.05) is 19.6 Å². The Bertz CT molecular complexity index is 1480. The second-order valence-corrected chi connectivity index (χ2v) is 14.0. The molecule has 5 N–H and O–H groups in total. The monoisotopic (exact) mass is 586 g/mol. The Hall–Kier alpha value is -3.41. The molecular formula is C30H42N4O6S. The van der Waals surface area contributed by atoms with E-state index in [0.717, 1.165) is 5.56 Å². The van der Waals surface area contributed by atoms with E-state index in [1.54, 1.807) is 13.0 Å². The molecule has 41 heavy (non-hydrogen) atoms. The fourth-order valence-corrected chi connectivity index (χ4v) is 6.24. The Labute approximate surface area is 242 Å². The van der Waals surface area contributed by atoms with Crippen molar-refractivity contribution in [2.24, 2.45) is 16.3 Å². The van der Waals surface area contributed by atoms with Gasteiger partial charge in [-0.15, -0.1) is 0 Å². The molecule has 0 aliphatic carbocycles. The van der Waals surface area contributed by atoms with Gasteiger partial charge in [-0.3, -0.25) is 4.99 Å². The van der Waals surface area contributed by atoms with Crippen molar-refractivity contribution in [3.8, 4) is 5.88 Å². The van der Waals surface area contributed by atoms with Crippen molar-refractivity contribution in [3.63, 3.8) is 0 Å². The molecule has 1 aromatic heterocycles. The van der Waals surface area contributed by atoms with Gasteiger partial charge in [0.25, 0.3) is 0 Å². The number of hydrogen-bond acceptors (Lipinski definition) is 6. The maximum Gasteiger partial charge on any atom is 0.404 e. The molecule has 0 bridgehead atoms. The van der Waals surface area contributed by atoms with E-state index in [9.17, 15) is 28.5 Å². The summed E-state index contributed by atoms with van der Waals surface area (Å²) in [6.45, 7) is 12.0. The molecule has 1 amide bonds. The number of aliphatic hydroxyl groups excluding tert-OH is 1. The van der Waals surface area contributed by atoms with Crippen LogP contribution in [0.25, 0.3) is 10.9 Å². The summed E-state index contributed by atoms with van der Waals surface area (Å²) in [5, 5.41) is 34.0. The number of benzene rings is 2. The summed E-state index contributed by atoms with van der Waals surface area (Å²) in [7, 11) is -4.12. The van der Waals surface area contributed by atoms with Gasteiger partial charge in [-0.05, 0) is 48.4 Å². The van der Waals surface area contributed by atoms with Crippen LogP contribution in [0.1, 0.15) is 52.7 Å². The molecule has 2 unspecified atom stereocenters. The van der Waals surface area contributed by atoms with Crippen molar-refractivity contribution in [2.45, 2.75) is 65.0 Å². The third-order valence-electron chi connectivity index (χ3n) is 6.57. The highest BCUT2D eigenvalue weighted by Crippen LogP contribution is 2.31. The van der Waals surface area contributed by atoms with Crippen LogP contribution in [-0.2, 0) is 16.4 Å². The predicted octanol–water partition coefficient (Wildman–Crippen LogP) is 4.62. The zero-order valence-corrected chi connectivity index (χ0v) is 25.4. The molecule has 0 radical (unpaired) electrons. The molecule has 1 heterocycles. The number of aromatic amines is 1. The van der Waals surface area contributed by atoms with Crippen LogP contribution >= 0.6 is 0 Å². The van der Waals surface area contributed by atoms with Crippen LogP contribution in [0, 0.1) is 11.3 Å². The lowest BCUT2D eigenvalue weighted by Crippen LogP contribution is -2.50. The molecule has 0 aliphatic rings. The Morgan fingerprint density at radius 2 is 1.76 bits per heavy atom. The molecule has 0 fully saturated rings. The zero-order chi connectivity index (χ0) is 30.5. The average molecular weight is 587 g/mol. The summed E-state index contributed by atoms with van der Waals surface area (Å²) in [5.41, 5.74) is 2.31. The van der Waals surface area contributed by atoms with Gasteiger partial charge in [0.05, 0.1) is 22.6 Å². The average Bonchev–Trinajstić information content (AvgIpc) is 3.21. The van der Waals surface area contributed by atoms with E-state index in [0.29, 0.717) is 28.7 Å². The number of fused-ring (bicyclic) bond motifs is 1. The lowest BCUT2D eigenvalue weighted by Gasteiger charge is -2.30. The third kappa shape index (κ3) is 8.54. The van der Waals surface area contributed by atoms with Gasteiger partial charge in [-0.2, -0.15) is 4.31 Å². The summed E-state index contributed by atoms with van der Waals surface area (Å²) < 4.78 is 29.1. The number of aromatic nitrogens is 1. The SMILES string of the molecule is CC(=NCC(C)(C)C)c1c(O)[nH]c2ccc(S(=O)(=O)N(CC(C)C)CC(O)C(Cc3ccccc3)NC(=O)O)cc12. The van der Waals surface area contributed by atoms with Crippen LogP contribution in [0.15, 0.2) is 58.4 Å². The van der Waals surface area contributed by atoms with E-state index in [1.807, 2.05) is 44.2 Å². The van der Waals surface area contributed by atoms with Crippen molar-refractivity contribution < 1.29 is 28.5 Å². The van der Waals surface area contributed by atoms with E-state index in [-0.39, 0.29) is 41.6 Å². The molecule has 0 spiro atoms. The number of aromatic hydroxyl groups is 1. The van der Waals surface area contributed by atoms with Crippen LogP contribution in [0.4, 0.5) is 4.79 Å². The number of nitrogens with zero attached hydrogens (tertiary/aromatic N) is 2. The van der Waals surface area contributed by atoms with Gasteiger partial charge in [0.15, 0.2) is 5.88 Å². The summed E-state index contributed by atoms with van der Waals surface area (Å²) in [6, 6.07) is 12.7. The fraction of sp³-hybridized carbons (Fsp3) is 0.467. The standard InChI is InChI=1S/C30H42N4O6S/c1-19(2)16-34(17-26(35)25(33-29(37)38)14-21-10-8-7-9-11-21)41(39,40)22-12-13-24-23(15-22)27(28(36)32-24)20(3)31-18-30(4,5)6/h7-13,15,19,25-26,32-33,35-36H,14,16-18H2,1-6H3,(H,37,38). The number of H-pyrrole nitrogens is 1. The number of aliphatic hydroxyl groups is 1. The van der Waals surface area contributed by atoms with Gasteiger partial charge in [-0.1, -0.05) is 65.0 Å². The van der Waals surface area contributed by atoms with Gasteiger partial charge in [0, 0.05) is 36.2 Å². The lowest BCUT2D eigenvalue weighted by atomic mass is 9.97. The number of carbonyl (C=O) groups is 1. The number of hydrogen-bond donors (Lipinski definition) is 5. The number of carboxylic acid groups (broad SMARTS) is 1. The Kier molecular flexibility index (Phi) is 10.2. The smallest absolute Gasteiger partial charge is 0.404 e. The molecular weight excluding hydrogens is 544 g/mol. The summed E-state index contributed by atoms with van der Waals surface area (Å²) >= 11 is 0. The molecule has 2 aromatic carbocycles. The minimum Gasteiger partial charge on any atom is -0.494 e. The molecule has 224 valence electrons. The summed E-state index contributed by atoms with van der Waals surface area (Å²) in [4.78, 5) is 19.0. The van der Waals surface area contributed by atoms with Crippen LogP contribution < -0.4 is 5.32 Å². The maximum absolute atomic E-state index is 14.0. The fourth-order valence-electron chi connectivity index (χ4n) is 4.59. The van der Waals surface area contributed by atoms with Gasteiger partial charge >= 0.3 is 6.09 Å². The Morgan fingerprint density at radius 3 is 2.34 bits per heavy atom. The summed E-state index contributed by atoms with van der Waals surface area (Å²) in [5.74, 6) is -0.165. The van der Waals surface area contributed by atoms with Gasteiger partial charge < -0.3 is 25.6 Å². The van der Waals surface area contributed by atoms with Crippen LogP contribution in [0.2, 0.25) is 0 Å². The summed E-state index contributed by atoms with van der Waals surface area (Å²) in [6.07, 6.45) is -2.44. The second-order valence-electron chi connectivity index (χ2n) is 12.0. The van der Waals surface area contributed by atoms with Crippen LogP contribution in [-0.4, -0.2) is 76.6 Å². The molecule has 0 saturated carbocycles. The third-order valence-corrected chi connectivity index (χ3v) is 8.40. The van der Waals surface area contributed by atoms with E-state index in [1.165, 1.54) is 16.4 Å². The first-order chi connectivity index (χ1) is 19.1. The normalized spacial score (nSPS) is 14.5. The zero-order valence-electron chi connectivity index (χ0n) is 24.5. The molecule has 11 heteroatoms. The first-order valence-corrected chi connectivity index (χ1v) is 15.1. The first-order valence-electron chi connectivity index (χ1n) is 13.7. The largest absolute Gasteiger partial charge is 0.494 e. The maximum atomic E-state index is 14.0. The Balaban J connectivity index is 1.98. The number of amides is 1. The molecule has 3 rings (SSSR count). The number of rotatable bonds is 12. The molecule has 10 nitrogen and oxygen atoms in total. The second kappa shape index (κ2) is 13.1.